The molecule has 1 aromatic carbocycles. The maximum atomic E-state index is 12.1. The molecular weight excluding hydrogens is 364 g/mol. The van der Waals surface area contributed by atoms with Gasteiger partial charge >= 0.3 is 0 Å². The van der Waals surface area contributed by atoms with Gasteiger partial charge in [-0.3, -0.25) is 4.79 Å². The second-order valence-electron chi connectivity index (χ2n) is 8.10. The van der Waals surface area contributed by atoms with Crippen LogP contribution in [-0.4, -0.2) is 31.2 Å². The van der Waals surface area contributed by atoms with E-state index in [9.17, 15) is 4.79 Å². The summed E-state index contributed by atoms with van der Waals surface area (Å²) < 4.78 is 11.3. The molecular formula is C21H35ClN2O3. The summed E-state index contributed by atoms with van der Waals surface area (Å²) in [5.74, 6) is 1.18. The van der Waals surface area contributed by atoms with E-state index in [1.54, 1.807) is 7.11 Å². The predicted molar refractivity (Wildman–Crippen MR) is 112 cm³/mol. The highest BCUT2D eigenvalue weighted by atomic mass is 35.5. The van der Waals surface area contributed by atoms with Crippen molar-refractivity contribution in [1.29, 1.82) is 0 Å². The number of benzene rings is 1. The molecule has 1 saturated carbocycles. The summed E-state index contributed by atoms with van der Waals surface area (Å²) in [7, 11) is 1.62. The summed E-state index contributed by atoms with van der Waals surface area (Å²) in [5, 5.41) is 6.58. The van der Waals surface area contributed by atoms with Crippen molar-refractivity contribution in [3.63, 3.8) is 0 Å². The van der Waals surface area contributed by atoms with E-state index in [1.807, 2.05) is 39.0 Å². The molecule has 2 rings (SSSR count). The van der Waals surface area contributed by atoms with Crippen LogP contribution in [0.15, 0.2) is 18.2 Å². The number of hydrogen-bond donors (Lipinski definition) is 2. The first kappa shape index (κ1) is 23.6. The zero-order valence-corrected chi connectivity index (χ0v) is 17.9. The Morgan fingerprint density at radius 2 is 1.81 bits per heavy atom. The maximum absolute atomic E-state index is 12.1. The smallest absolute Gasteiger partial charge is 0.258 e. The molecule has 0 bridgehead atoms. The van der Waals surface area contributed by atoms with Gasteiger partial charge in [0.1, 0.15) is 0 Å². The monoisotopic (exact) mass is 398 g/mol. The Kier molecular flexibility index (Phi) is 9.95. The summed E-state index contributed by atoms with van der Waals surface area (Å²) in [6, 6.07) is 6.42. The number of carbonyl (C=O) groups is 1. The molecule has 0 radical (unpaired) electrons. The largest absolute Gasteiger partial charge is 0.493 e. The van der Waals surface area contributed by atoms with Crippen molar-refractivity contribution < 1.29 is 14.3 Å². The average Bonchev–Trinajstić information content (AvgIpc) is 2.85. The Labute approximate surface area is 170 Å². The third kappa shape index (κ3) is 8.39. The molecule has 0 aromatic heterocycles. The van der Waals surface area contributed by atoms with Gasteiger partial charge in [0.15, 0.2) is 18.1 Å². The van der Waals surface area contributed by atoms with Crippen LogP contribution in [0.5, 0.6) is 11.5 Å². The van der Waals surface area contributed by atoms with Gasteiger partial charge < -0.3 is 20.1 Å². The lowest BCUT2D eigenvalue weighted by Crippen LogP contribution is -2.43. The van der Waals surface area contributed by atoms with E-state index >= 15 is 0 Å². The molecule has 0 atom stereocenters. The summed E-state index contributed by atoms with van der Waals surface area (Å²) in [6.45, 7) is 6.56. The van der Waals surface area contributed by atoms with Gasteiger partial charge in [-0.25, -0.2) is 0 Å². The quantitative estimate of drug-likeness (QED) is 0.675. The fourth-order valence-corrected chi connectivity index (χ4v) is 3.35. The molecule has 0 spiro atoms. The first-order valence-electron chi connectivity index (χ1n) is 9.72. The minimum Gasteiger partial charge on any atom is -0.493 e. The Morgan fingerprint density at radius 3 is 2.41 bits per heavy atom. The summed E-state index contributed by atoms with van der Waals surface area (Å²) in [5.41, 5.74) is 0.752. The first-order chi connectivity index (χ1) is 12.4. The second-order valence-corrected chi connectivity index (χ2v) is 8.10. The van der Waals surface area contributed by atoms with E-state index < -0.39 is 0 Å². The second kappa shape index (κ2) is 11.4. The van der Waals surface area contributed by atoms with E-state index in [-0.39, 0.29) is 30.5 Å². The molecule has 1 aliphatic rings. The van der Waals surface area contributed by atoms with Gasteiger partial charge in [-0.15, -0.1) is 12.4 Å². The van der Waals surface area contributed by atoms with Gasteiger partial charge in [0.2, 0.25) is 0 Å². The molecule has 27 heavy (non-hydrogen) atoms. The molecule has 6 heteroatoms. The van der Waals surface area contributed by atoms with Gasteiger partial charge in [-0.2, -0.15) is 0 Å². The number of rotatable bonds is 7. The minimum atomic E-state index is -0.273. The van der Waals surface area contributed by atoms with E-state index in [4.69, 9.17) is 9.47 Å². The highest BCUT2D eigenvalue weighted by molar-refractivity contribution is 5.85. The van der Waals surface area contributed by atoms with Gasteiger partial charge in [0.05, 0.1) is 7.11 Å². The van der Waals surface area contributed by atoms with E-state index in [0.29, 0.717) is 17.5 Å². The minimum absolute atomic E-state index is 0. The Morgan fingerprint density at radius 1 is 1.15 bits per heavy atom. The molecule has 1 aliphatic carbocycles. The number of hydrogen-bond acceptors (Lipinski definition) is 4. The van der Waals surface area contributed by atoms with Crippen molar-refractivity contribution in [3.8, 4) is 11.5 Å². The molecule has 5 nitrogen and oxygen atoms in total. The van der Waals surface area contributed by atoms with Crippen molar-refractivity contribution >= 4 is 18.3 Å². The number of nitrogens with one attached hydrogen (secondary N) is 2. The molecule has 1 aromatic rings. The Hall–Kier alpha value is -1.46. The van der Waals surface area contributed by atoms with Crippen LogP contribution in [-0.2, 0) is 11.3 Å². The van der Waals surface area contributed by atoms with Gasteiger partial charge in [-0.05, 0) is 39.7 Å². The zero-order valence-electron chi connectivity index (χ0n) is 17.1. The van der Waals surface area contributed by atoms with Crippen LogP contribution >= 0.6 is 12.4 Å². The van der Waals surface area contributed by atoms with Crippen molar-refractivity contribution in [2.24, 2.45) is 0 Å². The van der Waals surface area contributed by atoms with Gasteiger partial charge in [0.25, 0.3) is 5.91 Å². The number of para-hydroxylation sites is 1. The average molecular weight is 399 g/mol. The molecule has 0 heterocycles. The maximum Gasteiger partial charge on any atom is 0.258 e. The standard InChI is InChI=1S/C21H34N2O3.ClH/c1-21(2,3)23-19(24)15-26-20-16(10-9-13-18(20)25-4)14-22-17-11-7-5-6-8-12-17;/h9-10,13,17,22H,5-8,11-12,14-15H2,1-4H3,(H,23,24);1H. The molecule has 1 amide bonds. The fraction of sp³-hybridized carbons (Fsp3) is 0.667. The Bertz CT molecular complexity index is 579. The zero-order chi connectivity index (χ0) is 19.0. The van der Waals surface area contributed by atoms with Crippen LogP contribution in [0.3, 0.4) is 0 Å². The van der Waals surface area contributed by atoms with Crippen LogP contribution in [0, 0.1) is 0 Å². The summed E-state index contributed by atoms with van der Waals surface area (Å²) in [6.07, 6.45) is 7.74. The molecule has 1 fully saturated rings. The molecule has 154 valence electrons. The van der Waals surface area contributed by atoms with Crippen molar-refractivity contribution in [2.75, 3.05) is 13.7 Å². The molecule has 2 N–H and O–H groups in total. The van der Waals surface area contributed by atoms with E-state index in [2.05, 4.69) is 10.6 Å². The third-order valence-electron chi connectivity index (χ3n) is 4.58. The summed E-state index contributed by atoms with van der Waals surface area (Å²) in [4.78, 5) is 12.1. The summed E-state index contributed by atoms with van der Waals surface area (Å²) >= 11 is 0. The highest BCUT2D eigenvalue weighted by Crippen LogP contribution is 2.31. The van der Waals surface area contributed by atoms with Crippen molar-refractivity contribution in [1.82, 2.24) is 10.6 Å². The van der Waals surface area contributed by atoms with Gasteiger partial charge in [-0.1, -0.05) is 37.8 Å². The fourth-order valence-electron chi connectivity index (χ4n) is 3.35. The normalized spacial score (nSPS) is 15.4. The Balaban J connectivity index is 0.00000364. The number of carbonyl (C=O) groups excluding carboxylic acids is 1. The van der Waals surface area contributed by atoms with Crippen molar-refractivity contribution in [3.05, 3.63) is 23.8 Å². The van der Waals surface area contributed by atoms with Crippen molar-refractivity contribution in [2.45, 2.75) is 77.4 Å². The lowest BCUT2D eigenvalue weighted by Gasteiger charge is -2.22. The SMILES string of the molecule is COc1cccc(CNC2CCCCCC2)c1OCC(=O)NC(C)(C)C.Cl. The molecule has 0 unspecified atom stereocenters. The number of halogens is 1. The van der Waals surface area contributed by atoms with Gasteiger partial charge in [0, 0.05) is 23.7 Å². The van der Waals surface area contributed by atoms with E-state index in [1.165, 1.54) is 38.5 Å². The lowest BCUT2D eigenvalue weighted by atomic mass is 10.1. The topological polar surface area (TPSA) is 59.6 Å². The molecule has 0 aliphatic heterocycles. The lowest BCUT2D eigenvalue weighted by molar-refractivity contribution is -0.124. The number of methoxy groups -OCH3 is 1. The highest BCUT2D eigenvalue weighted by Gasteiger charge is 2.18. The third-order valence-corrected chi connectivity index (χ3v) is 4.58. The van der Waals surface area contributed by atoms with Crippen LogP contribution in [0.25, 0.3) is 0 Å². The van der Waals surface area contributed by atoms with Crippen LogP contribution in [0.2, 0.25) is 0 Å². The number of ether oxygens (including phenoxy) is 2. The molecule has 0 saturated heterocycles. The predicted octanol–water partition coefficient (Wildman–Crippen LogP) is 4.22. The van der Waals surface area contributed by atoms with Crippen LogP contribution in [0.1, 0.15) is 64.9 Å². The van der Waals surface area contributed by atoms with Crippen LogP contribution < -0.4 is 20.1 Å². The number of amides is 1. The first-order valence-corrected chi connectivity index (χ1v) is 9.72. The van der Waals surface area contributed by atoms with Crippen LogP contribution in [0.4, 0.5) is 0 Å². The van der Waals surface area contributed by atoms with E-state index in [0.717, 1.165) is 12.1 Å².